The molecule has 9 nitrogen and oxygen atoms in total. The Morgan fingerprint density at radius 3 is 2.49 bits per heavy atom. The fourth-order valence-electron chi connectivity index (χ4n) is 8.27. The van der Waals surface area contributed by atoms with Crippen LogP contribution in [0.4, 0.5) is 11.5 Å². The summed E-state index contributed by atoms with van der Waals surface area (Å²) in [5, 5.41) is 24.6. The zero-order valence-corrected chi connectivity index (χ0v) is 23.8. The van der Waals surface area contributed by atoms with Crippen molar-refractivity contribution in [3.63, 3.8) is 0 Å². The summed E-state index contributed by atoms with van der Waals surface area (Å²) < 4.78 is 3.74. The number of carbonyl (C=O) groups excluding carboxylic acids is 1. The van der Waals surface area contributed by atoms with Crippen molar-refractivity contribution in [1.29, 1.82) is 0 Å². The molecule has 4 aliphatic rings. The topological polar surface area (TPSA) is 108 Å². The molecule has 0 aliphatic heterocycles. The lowest BCUT2D eigenvalue weighted by Gasteiger charge is -2.61. The quantitative estimate of drug-likeness (QED) is 0.254. The van der Waals surface area contributed by atoms with Gasteiger partial charge in [-0.2, -0.15) is 9.78 Å². The monoisotopic (exact) mass is 570 g/mol. The third-order valence-corrected chi connectivity index (χ3v) is 9.88. The molecule has 0 radical (unpaired) electrons. The number of hydrogen-bond donors (Lipinski definition) is 1. The molecule has 2 aromatic heterocycles. The van der Waals surface area contributed by atoms with Crippen LogP contribution in [0, 0.1) is 48.1 Å². The predicted octanol–water partition coefficient (Wildman–Crippen LogP) is 6.59. The first-order valence-electron chi connectivity index (χ1n) is 13.5. The van der Waals surface area contributed by atoms with Crippen molar-refractivity contribution < 1.29 is 9.72 Å². The number of amides is 1. The molecule has 3 aromatic rings. The van der Waals surface area contributed by atoms with E-state index in [0.717, 1.165) is 61.2 Å². The lowest BCUT2D eigenvalue weighted by Crippen LogP contribution is -2.57. The molecule has 4 aliphatic carbocycles. The van der Waals surface area contributed by atoms with Gasteiger partial charge in [0.1, 0.15) is 0 Å². The second-order valence-electron chi connectivity index (χ2n) is 12.1. The number of benzene rings is 1. The Balaban J connectivity index is 1.23. The molecule has 2 unspecified atom stereocenters. The molecule has 11 heteroatoms. The van der Waals surface area contributed by atoms with Crippen LogP contribution in [-0.4, -0.2) is 30.4 Å². The summed E-state index contributed by atoms with van der Waals surface area (Å²) in [7, 11) is 0. The third-order valence-electron chi connectivity index (χ3n) is 9.20. The summed E-state index contributed by atoms with van der Waals surface area (Å²) in [6, 6.07) is 7.69. The van der Waals surface area contributed by atoms with E-state index >= 15 is 0 Å². The van der Waals surface area contributed by atoms with Gasteiger partial charge in [0.2, 0.25) is 5.91 Å². The molecule has 39 heavy (non-hydrogen) atoms. The minimum absolute atomic E-state index is 0.0122. The fourth-order valence-corrected chi connectivity index (χ4v) is 8.67. The van der Waals surface area contributed by atoms with Gasteiger partial charge in [-0.3, -0.25) is 9.48 Å². The zero-order valence-electron chi connectivity index (χ0n) is 22.3. The molecule has 4 bridgehead atoms. The molecule has 2 atom stereocenters. The Bertz CT molecular complexity index is 1480. The Morgan fingerprint density at radius 1 is 1.13 bits per heavy atom. The summed E-state index contributed by atoms with van der Waals surface area (Å²) in [5.74, 6) is 0.660. The van der Waals surface area contributed by atoms with Crippen LogP contribution in [0.15, 0.2) is 24.3 Å². The zero-order chi connectivity index (χ0) is 27.7. The molecular formula is C28H32Cl2N6O3. The van der Waals surface area contributed by atoms with Gasteiger partial charge in [-0.25, -0.2) is 0 Å². The second kappa shape index (κ2) is 9.34. The maximum Gasteiger partial charge on any atom is 0.408 e. The highest BCUT2D eigenvalue weighted by Crippen LogP contribution is 2.65. The molecule has 0 spiro atoms. The molecule has 2 heterocycles. The number of rotatable bonds is 7. The van der Waals surface area contributed by atoms with Crippen molar-refractivity contribution in [3.8, 4) is 0 Å². The first kappa shape index (κ1) is 26.3. The number of carbonyl (C=O) groups is 1. The van der Waals surface area contributed by atoms with Crippen molar-refractivity contribution in [2.75, 3.05) is 5.32 Å². The van der Waals surface area contributed by atoms with Crippen LogP contribution in [-0.2, 0) is 16.9 Å². The molecule has 206 valence electrons. The normalized spacial score (nSPS) is 27.2. The van der Waals surface area contributed by atoms with Crippen LogP contribution in [0.3, 0.4) is 0 Å². The lowest BCUT2D eigenvalue weighted by molar-refractivity contribution is -0.389. The van der Waals surface area contributed by atoms with Crippen LogP contribution in [0.25, 0.3) is 0 Å². The first-order chi connectivity index (χ1) is 18.5. The van der Waals surface area contributed by atoms with Crippen molar-refractivity contribution >= 4 is 40.6 Å². The van der Waals surface area contributed by atoms with Crippen molar-refractivity contribution in [2.24, 2.45) is 17.3 Å². The van der Waals surface area contributed by atoms with Crippen LogP contribution in [0.2, 0.25) is 10.0 Å². The predicted molar refractivity (Wildman–Crippen MR) is 149 cm³/mol. The summed E-state index contributed by atoms with van der Waals surface area (Å²) in [6.07, 6.45) is 6.20. The maximum absolute atomic E-state index is 13.6. The molecule has 4 saturated carbocycles. The van der Waals surface area contributed by atoms with Crippen LogP contribution in [0.5, 0.6) is 0 Å². The average molecular weight is 572 g/mol. The van der Waals surface area contributed by atoms with E-state index in [1.165, 1.54) is 0 Å². The largest absolute Gasteiger partial charge is 0.408 e. The molecule has 7 rings (SSSR count). The van der Waals surface area contributed by atoms with Crippen molar-refractivity contribution in [2.45, 2.75) is 77.8 Å². The third kappa shape index (κ3) is 4.53. The minimum Gasteiger partial charge on any atom is -0.358 e. The standard InChI is InChI=1S/C28H32Cl2N6O3/c1-16-25(18(3)34(32-16)14-19-5-4-6-22(29)8-19)31-23(37)13-27-9-20-7-21(10-27)12-28(11-20,15-27)35-17(2)24(30)26(33-35)36(38)39/h4-6,8,20-21H,7,9-15H2,1-3H3,(H,31,37). The van der Waals surface area contributed by atoms with E-state index in [9.17, 15) is 14.9 Å². The number of nitrogens with zero attached hydrogens (tertiary/aromatic N) is 5. The Kier molecular flexibility index (Phi) is 6.30. The lowest BCUT2D eigenvalue weighted by atomic mass is 9.46. The average Bonchev–Trinajstić information content (AvgIpc) is 3.28. The smallest absolute Gasteiger partial charge is 0.358 e. The van der Waals surface area contributed by atoms with E-state index in [1.807, 2.05) is 54.4 Å². The molecule has 4 fully saturated rings. The van der Waals surface area contributed by atoms with E-state index in [2.05, 4.69) is 15.5 Å². The minimum atomic E-state index is -0.507. The number of aromatic nitrogens is 4. The highest BCUT2D eigenvalue weighted by atomic mass is 35.5. The van der Waals surface area contributed by atoms with Gasteiger partial charge in [-0.15, -0.1) is 0 Å². The van der Waals surface area contributed by atoms with E-state index in [1.54, 1.807) is 0 Å². The molecular weight excluding hydrogens is 539 g/mol. The van der Waals surface area contributed by atoms with E-state index in [4.69, 9.17) is 23.2 Å². The van der Waals surface area contributed by atoms with Gasteiger partial charge in [-0.05, 0) is 99.2 Å². The van der Waals surface area contributed by atoms with Gasteiger partial charge in [0.15, 0.2) is 5.02 Å². The highest BCUT2D eigenvalue weighted by Gasteiger charge is 2.61. The molecule has 0 saturated heterocycles. The van der Waals surface area contributed by atoms with Gasteiger partial charge in [0.25, 0.3) is 0 Å². The SMILES string of the molecule is Cc1nn(Cc2cccc(Cl)c2)c(C)c1NC(=O)CC12CC3CC(C1)CC(n1nc([N+](=O)[O-])c(Cl)c1C)(C3)C2. The molecule has 1 amide bonds. The number of anilines is 1. The number of halogens is 2. The van der Waals surface area contributed by atoms with Gasteiger partial charge < -0.3 is 15.4 Å². The van der Waals surface area contributed by atoms with Gasteiger partial charge in [-0.1, -0.05) is 35.3 Å². The second-order valence-corrected chi connectivity index (χ2v) is 13.0. The van der Waals surface area contributed by atoms with E-state index in [0.29, 0.717) is 35.5 Å². The van der Waals surface area contributed by atoms with Crippen LogP contribution >= 0.6 is 23.2 Å². The van der Waals surface area contributed by atoms with E-state index < -0.39 is 4.92 Å². The van der Waals surface area contributed by atoms with Crippen molar-refractivity contribution in [3.05, 3.63) is 67.1 Å². The number of nitrogens with one attached hydrogen (secondary N) is 1. The summed E-state index contributed by atoms with van der Waals surface area (Å²) >= 11 is 12.5. The first-order valence-corrected chi connectivity index (χ1v) is 14.2. The van der Waals surface area contributed by atoms with Crippen LogP contribution < -0.4 is 5.32 Å². The fraction of sp³-hybridized carbons (Fsp3) is 0.536. The van der Waals surface area contributed by atoms with Gasteiger partial charge >= 0.3 is 5.82 Å². The molecule has 1 aromatic carbocycles. The highest BCUT2D eigenvalue weighted by molar-refractivity contribution is 6.33. The summed E-state index contributed by atoms with van der Waals surface area (Å²) in [5.41, 5.74) is 3.62. The van der Waals surface area contributed by atoms with Crippen molar-refractivity contribution in [1.82, 2.24) is 19.6 Å². The van der Waals surface area contributed by atoms with E-state index in [-0.39, 0.29) is 27.7 Å². The van der Waals surface area contributed by atoms with Gasteiger partial charge in [0.05, 0.1) is 40.0 Å². The summed E-state index contributed by atoms with van der Waals surface area (Å²) in [4.78, 5) is 24.6. The number of hydrogen-bond acceptors (Lipinski definition) is 5. The Labute approximate surface area is 237 Å². The maximum atomic E-state index is 13.6. The molecule has 1 N–H and O–H groups in total. The number of nitro groups is 1. The van der Waals surface area contributed by atoms with Crippen LogP contribution in [0.1, 0.15) is 67.6 Å². The summed E-state index contributed by atoms with van der Waals surface area (Å²) in [6.45, 7) is 6.26. The number of aryl methyl sites for hydroxylation is 1. The van der Waals surface area contributed by atoms with Gasteiger partial charge in [0, 0.05) is 11.4 Å². The Morgan fingerprint density at radius 2 is 1.85 bits per heavy atom. The Hall–Kier alpha value is -2.91.